The lowest BCUT2D eigenvalue weighted by Gasteiger charge is -2.25. The quantitative estimate of drug-likeness (QED) is 0.832. The molecule has 1 aromatic rings. The normalized spacial score (nSPS) is 17.2. The first-order chi connectivity index (χ1) is 11.5. The Morgan fingerprint density at radius 2 is 2.12 bits per heavy atom. The fourth-order valence-electron chi connectivity index (χ4n) is 2.47. The molecule has 0 unspecified atom stereocenters. The van der Waals surface area contributed by atoms with E-state index in [2.05, 4.69) is 16.7 Å². The van der Waals surface area contributed by atoms with E-state index in [9.17, 15) is 14.9 Å². The van der Waals surface area contributed by atoms with Gasteiger partial charge < -0.3 is 10.6 Å². The molecule has 0 bridgehead atoms. The molecule has 1 heterocycles. The number of nitriles is 1. The highest BCUT2D eigenvalue weighted by atomic mass is 32.2. The van der Waals surface area contributed by atoms with Crippen molar-refractivity contribution in [2.75, 3.05) is 12.3 Å². The van der Waals surface area contributed by atoms with Gasteiger partial charge in [-0.2, -0.15) is 5.26 Å². The van der Waals surface area contributed by atoms with E-state index in [4.69, 9.17) is 0 Å². The Bertz CT molecular complexity index is 689. The number of carbonyl (C=O) groups excluding carboxylic acids is 2. The van der Waals surface area contributed by atoms with Crippen molar-refractivity contribution in [1.82, 2.24) is 10.6 Å². The molecule has 1 aliphatic heterocycles. The number of hydrogen-bond donors (Lipinski definition) is 2. The van der Waals surface area contributed by atoms with Crippen LogP contribution in [0.3, 0.4) is 0 Å². The molecule has 126 valence electrons. The Labute approximate surface area is 146 Å². The molecule has 1 aliphatic rings. The van der Waals surface area contributed by atoms with Crippen molar-refractivity contribution in [2.24, 2.45) is 0 Å². The fraction of sp³-hybridized carbons (Fsp3) is 0.389. The number of nitrogens with zero attached hydrogens (tertiary/aromatic N) is 1. The smallest absolute Gasteiger partial charge is 0.230 e. The molecule has 1 aromatic carbocycles. The number of hydrogen-bond acceptors (Lipinski definition) is 4. The minimum Gasteiger partial charge on any atom is -0.355 e. The van der Waals surface area contributed by atoms with E-state index in [1.807, 2.05) is 38.1 Å². The molecule has 24 heavy (non-hydrogen) atoms. The third-order valence-electron chi connectivity index (χ3n) is 3.76. The van der Waals surface area contributed by atoms with Crippen LogP contribution in [0.5, 0.6) is 0 Å². The van der Waals surface area contributed by atoms with Gasteiger partial charge in [0.05, 0.1) is 22.4 Å². The lowest BCUT2D eigenvalue weighted by atomic mass is 9.87. The maximum absolute atomic E-state index is 12.0. The van der Waals surface area contributed by atoms with Crippen molar-refractivity contribution in [3.8, 4) is 6.07 Å². The molecule has 6 heteroatoms. The minimum absolute atomic E-state index is 0.0988. The van der Waals surface area contributed by atoms with Gasteiger partial charge in [-0.1, -0.05) is 48.5 Å². The molecular weight excluding hydrogens is 322 g/mol. The molecular formula is C18H21N3O2S. The van der Waals surface area contributed by atoms with E-state index in [1.165, 1.54) is 11.8 Å². The van der Waals surface area contributed by atoms with Crippen molar-refractivity contribution in [3.05, 3.63) is 46.0 Å². The first-order valence-corrected chi connectivity index (χ1v) is 8.93. The molecule has 2 rings (SSSR count). The van der Waals surface area contributed by atoms with E-state index in [0.717, 1.165) is 17.5 Å². The number of nitrogens with one attached hydrogen (secondary N) is 2. The molecule has 0 aromatic heterocycles. The van der Waals surface area contributed by atoms with Crippen LogP contribution in [0.15, 0.2) is 34.9 Å². The predicted molar refractivity (Wildman–Crippen MR) is 95.1 cm³/mol. The topological polar surface area (TPSA) is 82.0 Å². The highest BCUT2D eigenvalue weighted by Crippen LogP contribution is 2.35. The van der Waals surface area contributed by atoms with Gasteiger partial charge in [0.1, 0.15) is 0 Å². The Morgan fingerprint density at radius 1 is 1.42 bits per heavy atom. The Hall–Kier alpha value is -2.26. The molecule has 1 atom stereocenters. The van der Waals surface area contributed by atoms with Crippen LogP contribution >= 0.6 is 11.8 Å². The van der Waals surface area contributed by atoms with Gasteiger partial charge in [-0.25, -0.2) is 0 Å². The van der Waals surface area contributed by atoms with Gasteiger partial charge in [-0.15, -0.1) is 0 Å². The zero-order chi connectivity index (χ0) is 17.5. The summed E-state index contributed by atoms with van der Waals surface area (Å²) in [6, 6.07) is 10.1. The van der Waals surface area contributed by atoms with Crippen molar-refractivity contribution >= 4 is 23.6 Å². The SMILES string of the molecule is CCCNC(=O)CSC1=C(C#N)[C@H](c2ccc(C)cc2)CC(=O)N1. The monoisotopic (exact) mass is 343 g/mol. The van der Waals surface area contributed by atoms with E-state index in [1.54, 1.807) is 0 Å². The molecule has 0 spiro atoms. The van der Waals surface area contributed by atoms with Crippen LogP contribution < -0.4 is 10.6 Å². The van der Waals surface area contributed by atoms with Crippen LogP contribution in [0.4, 0.5) is 0 Å². The molecule has 0 fully saturated rings. The summed E-state index contributed by atoms with van der Waals surface area (Å²) in [5, 5.41) is 15.6. The maximum atomic E-state index is 12.0. The van der Waals surface area contributed by atoms with Gasteiger partial charge in [0.2, 0.25) is 11.8 Å². The second-order valence-corrected chi connectivity index (χ2v) is 6.69. The zero-order valence-electron chi connectivity index (χ0n) is 13.9. The average Bonchev–Trinajstić information content (AvgIpc) is 2.58. The number of allylic oxidation sites excluding steroid dienone is 1. The van der Waals surface area contributed by atoms with Crippen LogP contribution in [0, 0.1) is 18.3 Å². The van der Waals surface area contributed by atoms with Crippen molar-refractivity contribution in [1.29, 1.82) is 5.26 Å². The standard InChI is InChI=1S/C18H21N3O2S/c1-3-8-20-17(23)11-24-18-15(10-19)14(9-16(22)21-18)13-6-4-12(2)5-7-13/h4-7,14H,3,8-9,11H2,1-2H3,(H,20,23)(H,21,22)/t14-/m0/s1. The summed E-state index contributed by atoms with van der Waals surface area (Å²) in [4.78, 5) is 23.8. The van der Waals surface area contributed by atoms with Gasteiger partial charge in [-0.3, -0.25) is 9.59 Å². The van der Waals surface area contributed by atoms with Gasteiger partial charge in [0.15, 0.2) is 0 Å². The highest BCUT2D eigenvalue weighted by Gasteiger charge is 2.29. The van der Waals surface area contributed by atoms with Gasteiger partial charge >= 0.3 is 0 Å². The zero-order valence-corrected chi connectivity index (χ0v) is 14.7. The van der Waals surface area contributed by atoms with Crippen LogP contribution in [0.25, 0.3) is 0 Å². The number of rotatable bonds is 6. The number of thioether (sulfide) groups is 1. The van der Waals surface area contributed by atoms with Crippen LogP contribution in [0.1, 0.15) is 36.8 Å². The molecule has 0 radical (unpaired) electrons. The summed E-state index contributed by atoms with van der Waals surface area (Å²) < 4.78 is 0. The van der Waals surface area contributed by atoms with Crippen molar-refractivity contribution in [3.63, 3.8) is 0 Å². The van der Waals surface area contributed by atoms with Crippen molar-refractivity contribution < 1.29 is 9.59 Å². The summed E-state index contributed by atoms with van der Waals surface area (Å²) >= 11 is 1.21. The summed E-state index contributed by atoms with van der Waals surface area (Å²) in [7, 11) is 0. The van der Waals surface area contributed by atoms with E-state index >= 15 is 0 Å². The molecule has 0 saturated carbocycles. The first kappa shape index (κ1) is 18.1. The average molecular weight is 343 g/mol. The summed E-state index contributed by atoms with van der Waals surface area (Å²) in [5.41, 5.74) is 2.59. The number of amides is 2. The summed E-state index contributed by atoms with van der Waals surface area (Å²) in [6.07, 6.45) is 1.12. The van der Waals surface area contributed by atoms with E-state index in [-0.39, 0.29) is 29.9 Å². The minimum atomic E-state index is -0.259. The number of aryl methyl sites for hydroxylation is 1. The largest absolute Gasteiger partial charge is 0.355 e. The summed E-state index contributed by atoms with van der Waals surface area (Å²) in [5.74, 6) is -0.304. The first-order valence-electron chi connectivity index (χ1n) is 7.95. The lowest BCUT2D eigenvalue weighted by Crippen LogP contribution is -2.32. The molecule has 2 N–H and O–H groups in total. The van der Waals surface area contributed by atoms with Gasteiger partial charge in [0.25, 0.3) is 0 Å². The molecule has 5 nitrogen and oxygen atoms in total. The predicted octanol–water partition coefficient (Wildman–Crippen LogP) is 2.59. The number of benzene rings is 1. The number of carbonyl (C=O) groups is 2. The third kappa shape index (κ3) is 4.62. The van der Waals surface area contributed by atoms with Gasteiger partial charge in [0, 0.05) is 18.9 Å². The van der Waals surface area contributed by atoms with E-state index < -0.39 is 0 Å². The van der Waals surface area contributed by atoms with Crippen LogP contribution in [-0.2, 0) is 9.59 Å². The molecule has 0 aliphatic carbocycles. The Morgan fingerprint density at radius 3 is 2.75 bits per heavy atom. The summed E-state index contributed by atoms with van der Waals surface area (Å²) in [6.45, 7) is 4.60. The van der Waals surface area contributed by atoms with Crippen LogP contribution in [-0.4, -0.2) is 24.1 Å². The second-order valence-electron chi connectivity index (χ2n) is 5.71. The molecule has 2 amide bonds. The lowest BCUT2D eigenvalue weighted by molar-refractivity contribution is -0.121. The van der Waals surface area contributed by atoms with E-state index in [0.29, 0.717) is 17.1 Å². The Balaban J connectivity index is 2.19. The fourth-order valence-corrected chi connectivity index (χ4v) is 3.38. The second kappa shape index (κ2) is 8.55. The maximum Gasteiger partial charge on any atom is 0.230 e. The molecule has 0 saturated heterocycles. The van der Waals surface area contributed by atoms with Crippen LogP contribution in [0.2, 0.25) is 0 Å². The van der Waals surface area contributed by atoms with Gasteiger partial charge in [-0.05, 0) is 18.9 Å². The highest BCUT2D eigenvalue weighted by molar-refractivity contribution is 8.03. The Kier molecular flexibility index (Phi) is 6.44. The van der Waals surface area contributed by atoms with Crippen molar-refractivity contribution in [2.45, 2.75) is 32.6 Å². The third-order valence-corrected chi connectivity index (χ3v) is 4.77.